The summed E-state index contributed by atoms with van der Waals surface area (Å²) in [5.41, 5.74) is 1.72. The minimum Gasteiger partial charge on any atom is -0.478 e. The fourth-order valence-corrected chi connectivity index (χ4v) is 2.52. The number of hydrogen-bond donors (Lipinski definition) is 2. The second-order valence-corrected chi connectivity index (χ2v) is 5.97. The highest BCUT2D eigenvalue weighted by molar-refractivity contribution is 5.88. The summed E-state index contributed by atoms with van der Waals surface area (Å²) in [6.07, 6.45) is 4.77. The third kappa shape index (κ3) is 3.25. The average Bonchev–Trinajstić information content (AvgIpc) is 2.32. The Morgan fingerprint density at radius 2 is 2.00 bits per heavy atom. The van der Waals surface area contributed by atoms with E-state index in [1.54, 1.807) is 18.2 Å². The molecule has 1 saturated carbocycles. The SMILES string of the molecule is CC1(C)CCC(Nc2cccc(C(=O)O)c2)CC1. The van der Waals surface area contributed by atoms with Crippen molar-refractivity contribution in [1.82, 2.24) is 0 Å². The highest BCUT2D eigenvalue weighted by Crippen LogP contribution is 2.36. The van der Waals surface area contributed by atoms with E-state index in [9.17, 15) is 4.79 Å². The van der Waals surface area contributed by atoms with E-state index < -0.39 is 5.97 Å². The monoisotopic (exact) mass is 247 g/mol. The number of carboxylic acid groups (broad SMARTS) is 1. The molecule has 0 aromatic heterocycles. The molecule has 1 aliphatic rings. The molecule has 0 atom stereocenters. The molecule has 98 valence electrons. The number of nitrogens with one attached hydrogen (secondary N) is 1. The molecule has 0 aliphatic heterocycles. The topological polar surface area (TPSA) is 49.3 Å². The highest BCUT2D eigenvalue weighted by atomic mass is 16.4. The van der Waals surface area contributed by atoms with Crippen molar-refractivity contribution in [2.24, 2.45) is 5.41 Å². The number of hydrogen-bond acceptors (Lipinski definition) is 2. The Morgan fingerprint density at radius 3 is 2.61 bits per heavy atom. The van der Waals surface area contributed by atoms with Gasteiger partial charge in [0.05, 0.1) is 5.56 Å². The van der Waals surface area contributed by atoms with Gasteiger partial charge in [-0.25, -0.2) is 4.79 Å². The van der Waals surface area contributed by atoms with Crippen molar-refractivity contribution in [2.75, 3.05) is 5.32 Å². The molecule has 0 bridgehead atoms. The highest BCUT2D eigenvalue weighted by Gasteiger charge is 2.26. The van der Waals surface area contributed by atoms with Gasteiger partial charge in [0.1, 0.15) is 0 Å². The summed E-state index contributed by atoms with van der Waals surface area (Å²) in [4.78, 5) is 10.9. The standard InChI is InChI=1S/C15H21NO2/c1-15(2)8-6-12(7-9-15)16-13-5-3-4-11(10-13)14(17)18/h3-5,10,12,16H,6-9H2,1-2H3,(H,17,18). The molecule has 0 amide bonds. The molecule has 1 aromatic carbocycles. The number of aromatic carboxylic acids is 1. The molecule has 3 heteroatoms. The van der Waals surface area contributed by atoms with Crippen LogP contribution in [0.25, 0.3) is 0 Å². The van der Waals surface area contributed by atoms with E-state index >= 15 is 0 Å². The lowest BCUT2D eigenvalue weighted by atomic mass is 9.75. The molecule has 0 radical (unpaired) electrons. The maximum absolute atomic E-state index is 10.9. The Kier molecular flexibility index (Phi) is 3.60. The van der Waals surface area contributed by atoms with Crippen molar-refractivity contribution < 1.29 is 9.90 Å². The van der Waals surface area contributed by atoms with Crippen LogP contribution in [-0.4, -0.2) is 17.1 Å². The zero-order valence-electron chi connectivity index (χ0n) is 11.1. The van der Waals surface area contributed by atoms with Crippen LogP contribution < -0.4 is 5.32 Å². The summed E-state index contributed by atoms with van der Waals surface area (Å²) in [6, 6.07) is 7.53. The van der Waals surface area contributed by atoms with Crippen LogP contribution in [0.2, 0.25) is 0 Å². The molecule has 0 heterocycles. The van der Waals surface area contributed by atoms with E-state index in [4.69, 9.17) is 5.11 Å². The van der Waals surface area contributed by atoms with Gasteiger partial charge in [-0.3, -0.25) is 0 Å². The van der Waals surface area contributed by atoms with Gasteiger partial charge in [0.15, 0.2) is 0 Å². The van der Waals surface area contributed by atoms with Crippen molar-refractivity contribution >= 4 is 11.7 Å². The van der Waals surface area contributed by atoms with Gasteiger partial charge >= 0.3 is 5.97 Å². The lowest BCUT2D eigenvalue weighted by molar-refractivity contribution is 0.0697. The van der Waals surface area contributed by atoms with E-state index in [1.807, 2.05) is 6.07 Å². The zero-order valence-corrected chi connectivity index (χ0v) is 11.1. The first-order valence-electron chi connectivity index (χ1n) is 6.56. The average molecular weight is 247 g/mol. The fourth-order valence-electron chi connectivity index (χ4n) is 2.52. The van der Waals surface area contributed by atoms with Gasteiger partial charge in [-0.1, -0.05) is 19.9 Å². The molecular weight excluding hydrogens is 226 g/mol. The predicted octanol–water partition coefficient (Wildman–Crippen LogP) is 3.77. The van der Waals surface area contributed by atoms with E-state index in [2.05, 4.69) is 19.2 Å². The maximum Gasteiger partial charge on any atom is 0.335 e. The third-order valence-electron chi connectivity index (χ3n) is 3.82. The van der Waals surface area contributed by atoms with E-state index in [0.29, 0.717) is 17.0 Å². The van der Waals surface area contributed by atoms with Crippen LogP contribution in [0.15, 0.2) is 24.3 Å². The molecule has 0 spiro atoms. The lowest BCUT2D eigenvalue weighted by Crippen LogP contribution is -2.29. The Hall–Kier alpha value is -1.51. The largest absolute Gasteiger partial charge is 0.478 e. The summed E-state index contributed by atoms with van der Waals surface area (Å²) < 4.78 is 0. The first kappa shape index (κ1) is 12.9. The number of carboxylic acids is 1. The van der Waals surface area contributed by atoms with Crippen LogP contribution in [-0.2, 0) is 0 Å². The van der Waals surface area contributed by atoms with Crippen molar-refractivity contribution in [3.63, 3.8) is 0 Å². The molecular formula is C15H21NO2. The molecule has 1 fully saturated rings. The Labute approximate surface area is 108 Å². The third-order valence-corrected chi connectivity index (χ3v) is 3.82. The van der Waals surface area contributed by atoms with Crippen molar-refractivity contribution in [3.05, 3.63) is 29.8 Å². The number of benzene rings is 1. The fraction of sp³-hybridized carbons (Fsp3) is 0.533. The maximum atomic E-state index is 10.9. The Morgan fingerprint density at radius 1 is 1.33 bits per heavy atom. The van der Waals surface area contributed by atoms with Crippen LogP contribution >= 0.6 is 0 Å². The van der Waals surface area contributed by atoms with Gasteiger partial charge in [0.2, 0.25) is 0 Å². The van der Waals surface area contributed by atoms with Crippen molar-refractivity contribution in [3.8, 4) is 0 Å². The van der Waals surface area contributed by atoms with E-state index in [-0.39, 0.29) is 0 Å². The van der Waals surface area contributed by atoms with Gasteiger partial charge in [-0.05, 0) is 49.3 Å². The molecule has 1 aromatic rings. The normalized spacial score (nSPS) is 19.4. The van der Waals surface area contributed by atoms with Crippen molar-refractivity contribution in [1.29, 1.82) is 0 Å². The van der Waals surface area contributed by atoms with Crippen molar-refractivity contribution in [2.45, 2.75) is 45.6 Å². The van der Waals surface area contributed by atoms with Gasteiger partial charge in [-0.15, -0.1) is 0 Å². The summed E-state index contributed by atoms with van der Waals surface area (Å²) in [7, 11) is 0. The Balaban J connectivity index is 1.98. The second kappa shape index (κ2) is 5.01. The quantitative estimate of drug-likeness (QED) is 0.855. The Bertz CT molecular complexity index is 430. The molecule has 3 nitrogen and oxygen atoms in total. The van der Waals surface area contributed by atoms with Crippen LogP contribution in [0, 0.1) is 5.41 Å². The number of anilines is 1. The van der Waals surface area contributed by atoms with Crippen LogP contribution in [0.4, 0.5) is 5.69 Å². The zero-order chi connectivity index (χ0) is 13.2. The summed E-state index contributed by atoms with van der Waals surface area (Å²) in [5, 5.41) is 12.4. The van der Waals surface area contributed by atoms with Gasteiger partial charge in [0.25, 0.3) is 0 Å². The predicted molar refractivity (Wildman–Crippen MR) is 73.1 cm³/mol. The second-order valence-electron chi connectivity index (χ2n) is 5.97. The summed E-state index contributed by atoms with van der Waals surface area (Å²) >= 11 is 0. The molecule has 0 unspecified atom stereocenters. The van der Waals surface area contributed by atoms with Gasteiger partial charge in [0, 0.05) is 11.7 Å². The minimum atomic E-state index is -0.872. The van der Waals surface area contributed by atoms with Gasteiger partial charge < -0.3 is 10.4 Å². The molecule has 18 heavy (non-hydrogen) atoms. The number of carbonyl (C=O) groups is 1. The van der Waals surface area contributed by atoms with E-state index in [1.165, 1.54) is 12.8 Å². The molecule has 2 rings (SSSR count). The summed E-state index contributed by atoms with van der Waals surface area (Å²) in [5.74, 6) is -0.872. The van der Waals surface area contributed by atoms with Gasteiger partial charge in [-0.2, -0.15) is 0 Å². The number of rotatable bonds is 3. The van der Waals surface area contributed by atoms with Crippen LogP contribution in [0.3, 0.4) is 0 Å². The smallest absolute Gasteiger partial charge is 0.335 e. The molecule has 1 aliphatic carbocycles. The molecule has 2 N–H and O–H groups in total. The first-order chi connectivity index (χ1) is 8.46. The van der Waals surface area contributed by atoms with E-state index in [0.717, 1.165) is 18.5 Å². The molecule has 0 saturated heterocycles. The summed E-state index contributed by atoms with van der Waals surface area (Å²) in [6.45, 7) is 4.63. The minimum absolute atomic E-state index is 0.344. The lowest BCUT2D eigenvalue weighted by Gasteiger charge is -2.35. The van der Waals surface area contributed by atoms with Crippen LogP contribution in [0.5, 0.6) is 0 Å². The first-order valence-corrected chi connectivity index (χ1v) is 6.56. The van der Waals surface area contributed by atoms with Crippen LogP contribution in [0.1, 0.15) is 49.9 Å².